The van der Waals surface area contributed by atoms with Crippen molar-refractivity contribution < 1.29 is 19.0 Å². The van der Waals surface area contributed by atoms with Gasteiger partial charge in [-0.25, -0.2) is 0 Å². The van der Waals surface area contributed by atoms with E-state index in [9.17, 15) is 4.79 Å². The third kappa shape index (κ3) is 1.57. The predicted molar refractivity (Wildman–Crippen MR) is 55.6 cm³/mol. The van der Waals surface area contributed by atoms with Gasteiger partial charge in [-0.15, -0.1) is 0 Å². The normalized spacial score (nSPS) is 44.8. The fourth-order valence-electron chi connectivity index (χ4n) is 2.77. The van der Waals surface area contributed by atoms with E-state index in [2.05, 4.69) is 0 Å². The quantitative estimate of drug-likeness (QED) is 0.462. The molecule has 1 spiro atoms. The molecule has 4 nitrogen and oxygen atoms in total. The molecule has 3 atom stereocenters. The number of hydrogen-bond acceptors (Lipinski definition) is 4. The van der Waals surface area contributed by atoms with Crippen LogP contribution in [0.3, 0.4) is 0 Å². The van der Waals surface area contributed by atoms with Crippen LogP contribution in [0.15, 0.2) is 12.2 Å². The summed E-state index contributed by atoms with van der Waals surface area (Å²) in [6, 6.07) is 0. The van der Waals surface area contributed by atoms with E-state index in [-0.39, 0.29) is 18.2 Å². The van der Waals surface area contributed by atoms with Crippen molar-refractivity contribution >= 4 is 5.97 Å². The van der Waals surface area contributed by atoms with Crippen molar-refractivity contribution in [2.75, 3.05) is 0 Å². The monoisotopic (exact) mass is 224 g/mol. The third-order valence-corrected chi connectivity index (χ3v) is 3.43. The van der Waals surface area contributed by atoms with Crippen molar-refractivity contribution in [3.8, 4) is 0 Å². The average molecular weight is 224 g/mol. The Morgan fingerprint density at radius 2 is 2.19 bits per heavy atom. The van der Waals surface area contributed by atoms with Crippen LogP contribution in [0.2, 0.25) is 0 Å². The number of rotatable bonds is 0. The lowest BCUT2D eigenvalue weighted by Gasteiger charge is -2.31. The topological polar surface area (TPSA) is 44.8 Å². The minimum absolute atomic E-state index is 0.0000676. The van der Waals surface area contributed by atoms with Crippen LogP contribution < -0.4 is 0 Å². The molecule has 3 rings (SSSR count). The van der Waals surface area contributed by atoms with E-state index in [0.717, 1.165) is 6.42 Å². The number of ether oxygens (including phenoxy) is 3. The van der Waals surface area contributed by atoms with Crippen LogP contribution in [-0.4, -0.2) is 29.6 Å². The van der Waals surface area contributed by atoms with Gasteiger partial charge >= 0.3 is 5.97 Å². The first-order valence-corrected chi connectivity index (χ1v) is 5.75. The lowest BCUT2D eigenvalue weighted by molar-refractivity contribution is -0.153. The lowest BCUT2D eigenvalue weighted by Crippen LogP contribution is -2.39. The van der Waals surface area contributed by atoms with Crippen LogP contribution >= 0.6 is 0 Å². The molecule has 1 aliphatic carbocycles. The SMILES string of the molecule is CC1(C)O[C@H]2C=C[C@]3(CCC(=O)O3)C[C@H]2O1. The van der Waals surface area contributed by atoms with Gasteiger partial charge in [0.2, 0.25) is 0 Å². The molecule has 0 unspecified atom stereocenters. The second-order valence-corrected chi connectivity index (χ2v) is 5.24. The first kappa shape index (κ1) is 10.3. The van der Waals surface area contributed by atoms with Gasteiger partial charge in [-0.3, -0.25) is 4.79 Å². The van der Waals surface area contributed by atoms with Gasteiger partial charge in [-0.2, -0.15) is 0 Å². The van der Waals surface area contributed by atoms with Crippen molar-refractivity contribution in [3.63, 3.8) is 0 Å². The van der Waals surface area contributed by atoms with Crippen LogP contribution in [-0.2, 0) is 19.0 Å². The minimum atomic E-state index is -0.534. The highest BCUT2D eigenvalue weighted by Crippen LogP contribution is 2.42. The van der Waals surface area contributed by atoms with Crippen molar-refractivity contribution in [2.24, 2.45) is 0 Å². The summed E-state index contributed by atoms with van der Waals surface area (Å²) in [5, 5.41) is 0. The van der Waals surface area contributed by atoms with E-state index < -0.39 is 11.4 Å². The van der Waals surface area contributed by atoms with Gasteiger partial charge in [0, 0.05) is 19.3 Å². The molecular formula is C12H16O4. The van der Waals surface area contributed by atoms with Gasteiger partial charge in [0.1, 0.15) is 11.7 Å². The molecule has 0 aromatic rings. The summed E-state index contributed by atoms with van der Waals surface area (Å²) in [7, 11) is 0. The molecule has 4 heteroatoms. The van der Waals surface area contributed by atoms with Crippen LogP contribution in [0, 0.1) is 0 Å². The first-order chi connectivity index (χ1) is 7.48. The average Bonchev–Trinajstić information content (AvgIpc) is 2.66. The van der Waals surface area contributed by atoms with Gasteiger partial charge in [-0.05, 0) is 19.9 Å². The van der Waals surface area contributed by atoms with Crippen LogP contribution in [0.1, 0.15) is 33.1 Å². The van der Waals surface area contributed by atoms with Gasteiger partial charge in [0.25, 0.3) is 0 Å². The fraction of sp³-hybridized carbons (Fsp3) is 0.750. The summed E-state index contributed by atoms with van der Waals surface area (Å²) < 4.78 is 16.9. The van der Waals surface area contributed by atoms with Crippen LogP contribution in [0.25, 0.3) is 0 Å². The Labute approximate surface area is 94.5 Å². The Morgan fingerprint density at radius 3 is 2.88 bits per heavy atom. The Bertz CT molecular complexity index is 360. The molecule has 2 heterocycles. The summed E-state index contributed by atoms with van der Waals surface area (Å²) in [6.45, 7) is 3.82. The Kier molecular flexibility index (Phi) is 1.98. The summed E-state index contributed by atoms with van der Waals surface area (Å²) in [6.07, 6.45) is 5.93. The number of carbonyl (C=O) groups is 1. The van der Waals surface area contributed by atoms with Crippen molar-refractivity contribution in [1.82, 2.24) is 0 Å². The molecule has 16 heavy (non-hydrogen) atoms. The van der Waals surface area contributed by atoms with Gasteiger partial charge < -0.3 is 14.2 Å². The highest BCUT2D eigenvalue weighted by molar-refractivity contribution is 5.72. The molecule has 2 saturated heterocycles. The Balaban J connectivity index is 1.81. The maximum atomic E-state index is 11.2. The zero-order chi connectivity index (χ0) is 11.4. The first-order valence-electron chi connectivity index (χ1n) is 5.75. The molecule has 0 radical (unpaired) electrons. The molecule has 0 aromatic heterocycles. The molecule has 3 aliphatic rings. The number of fused-ring (bicyclic) bond motifs is 1. The molecule has 2 aliphatic heterocycles. The molecule has 88 valence electrons. The minimum Gasteiger partial charge on any atom is -0.455 e. The van der Waals surface area contributed by atoms with Crippen LogP contribution in [0.4, 0.5) is 0 Å². The zero-order valence-electron chi connectivity index (χ0n) is 9.56. The zero-order valence-corrected chi connectivity index (χ0v) is 9.56. The summed E-state index contributed by atoms with van der Waals surface area (Å²) in [5.74, 6) is -0.644. The van der Waals surface area contributed by atoms with E-state index in [1.807, 2.05) is 26.0 Å². The standard InChI is InChI=1S/C12H16O4/c1-11(2)14-8-3-5-12(7-9(8)15-11)6-4-10(13)16-12/h3,5,8-9H,4,6-7H2,1-2H3/t8-,9+,12-/m0/s1. The van der Waals surface area contributed by atoms with Crippen molar-refractivity contribution in [3.05, 3.63) is 12.2 Å². The summed E-state index contributed by atoms with van der Waals surface area (Å²) >= 11 is 0. The molecule has 0 bridgehead atoms. The molecule has 0 amide bonds. The molecule has 0 saturated carbocycles. The van der Waals surface area contributed by atoms with Gasteiger partial charge in [-0.1, -0.05) is 6.08 Å². The number of esters is 1. The Hall–Kier alpha value is -0.870. The molecule has 2 fully saturated rings. The molecular weight excluding hydrogens is 208 g/mol. The summed E-state index contributed by atoms with van der Waals surface area (Å²) in [5.41, 5.74) is -0.429. The van der Waals surface area contributed by atoms with E-state index >= 15 is 0 Å². The van der Waals surface area contributed by atoms with E-state index in [0.29, 0.717) is 12.8 Å². The maximum absolute atomic E-state index is 11.2. The van der Waals surface area contributed by atoms with E-state index in [1.165, 1.54) is 0 Å². The molecule has 0 N–H and O–H groups in total. The smallest absolute Gasteiger partial charge is 0.306 e. The third-order valence-electron chi connectivity index (χ3n) is 3.43. The summed E-state index contributed by atoms with van der Waals surface area (Å²) in [4.78, 5) is 11.2. The Morgan fingerprint density at radius 1 is 1.38 bits per heavy atom. The lowest BCUT2D eigenvalue weighted by atomic mass is 9.85. The fourth-order valence-corrected chi connectivity index (χ4v) is 2.77. The van der Waals surface area contributed by atoms with Crippen LogP contribution in [0.5, 0.6) is 0 Å². The second kappa shape index (κ2) is 3.08. The van der Waals surface area contributed by atoms with E-state index in [4.69, 9.17) is 14.2 Å². The highest BCUT2D eigenvalue weighted by atomic mass is 16.8. The number of carbonyl (C=O) groups excluding carboxylic acids is 1. The van der Waals surface area contributed by atoms with Crippen molar-refractivity contribution in [1.29, 1.82) is 0 Å². The predicted octanol–water partition coefficient (Wildman–Crippen LogP) is 1.54. The van der Waals surface area contributed by atoms with Crippen molar-refractivity contribution in [2.45, 2.75) is 56.7 Å². The largest absolute Gasteiger partial charge is 0.455 e. The number of hydrogen-bond donors (Lipinski definition) is 0. The maximum Gasteiger partial charge on any atom is 0.306 e. The highest BCUT2D eigenvalue weighted by Gasteiger charge is 2.50. The molecule has 0 aromatic carbocycles. The second-order valence-electron chi connectivity index (χ2n) is 5.24. The van der Waals surface area contributed by atoms with Gasteiger partial charge in [0.05, 0.1) is 6.10 Å². The van der Waals surface area contributed by atoms with Gasteiger partial charge in [0.15, 0.2) is 5.79 Å². The van der Waals surface area contributed by atoms with E-state index in [1.54, 1.807) is 0 Å².